The minimum Gasteiger partial charge on any atom is -0.481 e. The highest BCUT2D eigenvalue weighted by atomic mass is 35.5. The number of carboxylic acid groups (broad SMARTS) is 1. The van der Waals surface area contributed by atoms with Gasteiger partial charge in [0.1, 0.15) is 0 Å². The Labute approximate surface area is 173 Å². The van der Waals surface area contributed by atoms with E-state index in [1.54, 1.807) is 18.2 Å². The number of halogens is 2. The second-order valence-corrected chi connectivity index (χ2v) is 7.91. The zero-order valence-electron chi connectivity index (χ0n) is 15.4. The van der Waals surface area contributed by atoms with Crippen LogP contribution >= 0.6 is 23.2 Å². The third kappa shape index (κ3) is 4.47. The molecular weight excluding hydrogens is 399 g/mol. The number of aliphatic imine (C=N–C) groups is 1. The van der Waals surface area contributed by atoms with Gasteiger partial charge in [-0.15, -0.1) is 0 Å². The highest BCUT2D eigenvalue weighted by molar-refractivity contribution is 6.40. The molecule has 1 saturated carbocycles. The van der Waals surface area contributed by atoms with E-state index < -0.39 is 11.9 Å². The fraction of sp³-hybridized carbons (Fsp3) is 0.381. The molecule has 0 bridgehead atoms. The summed E-state index contributed by atoms with van der Waals surface area (Å²) in [6.45, 7) is 0. The molecule has 7 heteroatoms. The van der Waals surface area contributed by atoms with Crippen molar-refractivity contribution in [2.45, 2.75) is 44.9 Å². The molecular formula is C21H22Cl2N2O3. The zero-order chi connectivity index (χ0) is 20.3. The Morgan fingerprint density at radius 1 is 1.11 bits per heavy atom. The molecule has 1 aromatic rings. The number of aliphatic carboxylic acids is 1. The number of rotatable bonds is 3. The van der Waals surface area contributed by atoms with E-state index in [1.165, 1.54) is 0 Å². The maximum atomic E-state index is 12.7. The number of hydrogen-bond acceptors (Lipinski definition) is 3. The summed E-state index contributed by atoms with van der Waals surface area (Å²) in [6, 6.07) is 4.90. The molecule has 2 aliphatic carbocycles. The number of carbonyl (C=O) groups is 2. The van der Waals surface area contributed by atoms with Crippen LogP contribution in [0.25, 0.3) is 0 Å². The molecule has 148 valence electrons. The van der Waals surface area contributed by atoms with Crippen LogP contribution < -0.4 is 5.73 Å². The lowest BCUT2D eigenvalue weighted by Gasteiger charge is -2.24. The number of allylic oxidation sites excluding steroid dienone is 3. The molecule has 5 nitrogen and oxygen atoms in total. The summed E-state index contributed by atoms with van der Waals surface area (Å²) >= 11 is 12.3. The summed E-state index contributed by atoms with van der Waals surface area (Å²) in [6.07, 6.45) is 6.87. The van der Waals surface area contributed by atoms with Crippen LogP contribution in [-0.2, 0) is 4.79 Å². The molecule has 3 N–H and O–H groups in total. The van der Waals surface area contributed by atoms with Crippen LogP contribution in [0.4, 0.5) is 0 Å². The van der Waals surface area contributed by atoms with Gasteiger partial charge in [-0.3, -0.25) is 9.59 Å². The predicted octanol–water partition coefficient (Wildman–Crippen LogP) is 5.17. The molecule has 3 rings (SSSR count). The van der Waals surface area contributed by atoms with Crippen LogP contribution in [0.5, 0.6) is 0 Å². The summed E-state index contributed by atoms with van der Waals surface area (Å²) in [7, 11) is 0. The van der Waals surface area contributed by atoms with Gasteiger partial charge in [0.2, 0.25) is 0 Å². The highest BCUT2D eigenvalue weighted by Crippen LogP contribution is 2.32. The lowest BCUT2D eigenvalue weighted by molar-refractivity contribution is -0.141. The van der Waals surface area contributed by atoms with E-state index in [0.29, 0.717) is 37.1 Å². The third-order valence-electron chi connectivity index (χ3n) is 5.28. The molecule has 0 aliphatic heterocycles. The van der Waals surface area contributed by atoms with Crippen LogP contribution in [-0.4, -0.2) is 22.7 Å². The standard InChI is InChI=1S/C21H22Cl2N2O3/c22-15-5-3-6-16(23)18(15)20(26)25-17-7-2-1-4-14(17)19(24)12-8-10-13(11-9-12)21(27)28/h3,5-6,8,13H,1-2,4,7,9-11,24H2,(H,27,28). The molecule has 1 unspecified atom stereocenters. The fourth-order valence-electron chi connectivity index (χ4n) is 3.68. The normalized spacial score (nSPS) is 23.3. The molecule has 1 amide bonds. The van der Waals surface area contributed by atoms with E-state index in [-0.39, 0.29) is 21.5 Å². The van der Waals surface area contributed by atoms with Gasteiger partial charge in [-0.1, -0.05) is 35.3 Å². The molecule has 0 heterocycles. The van der Waals surface area contributed by atoms with Gasteiger partial charge in [0.25, 0.3) is 5.91 Å². The second-order valence-electron chi connectivity index (χ2n) is 7.10. The summed E-state index contributed by atoms with van der Waals surface area (Å²) in [5.74, 6) is -1.60. The number of nitrogens with zero attached hydrogens (tertiary/aromatic N) is 1. The number of amides is 1. The lowest BCUT2D eigenvalue weighted by Crippen LogP contribution is -2.21. The molecule has 28 heavy (non-hydrogen) atoms. The Kier molecular flexibility index (Phi) is 6.57. The second kappa shape index (κ2) is 8.93. The van der Waals surface area contributed by atoms with Gasteiger partial charge in [-0.05, 0) is 68.2 Å². The Morgan fingerprint density at radius 2 is 1.79 bits per heavy atom. The maximum absolute atomic E-state index is 12.7. The van der Waals surface area contributed by atoms with Gasteiger partial charge in [0, 0.05) is 11.4 Å². The van der Waals surface area contributed by atoms with E-state index in [9.17, 15) is 9.59 Å². The van der Waals surface area contributed by atoms with Gasteiger partial charge in [-0.2, -0.15) is 0 Å². The molecule has 0 radical (unpaired) electrons. The molecule has 0 spiro atoms. The summed E-state index contributed by atoms with van der Waals surface area (Å²) < 4.78 is 0. The number of carbonyl (C=O) groups excluding carboxylic acids is 1. The number of nitrogens with two attached hydrogens (primary N) is 1. The molecule has 0 aromatic heterocycles. The minimum atomic E-state index is -0.774. The van der Waals surface area contributed by atoms with Crippen LogP contribution in [0.15, 0.2) is 46.1 Å². The van der Waals surface area contributed by atoms with Crippen molar-refractivity contribution in [1.82, 2.24) is 0 Å². The van der Waals surface area contributed by atoms with Crippen molar-refractivity contribution in [2.24, 2.45) is 16.6 Å². The number of benzene rings is 1. The monoisotopic (exact) mass is 420 g/mol. The maximum Gasteiger partial charge on any atom is 0.306 e. The minimum absolute atomic E-state index is 0.197. The fourth-order valence-corrected chi connectivity index (χ4v) is 4.24. The Morgan fingerprint density at radius 3 is 2.39 bits per heavy atom. The summed E-state index contributed by atoms with van der Waals surface area (Å²) in [4.78, 5) is 28.2. The van der Waals surface area contributed by atoms with Crippen molar-refractivity contribution in [3.05, 3.63) is 56.7 Å². The van der Waals surface area contributed by atoms with Gasteiger partial charge >= 0.3 is 5.97 Å². The average molecular weight is 421 g/mol. The molecule has 1 fully saturated rings. The first-order valence-electron chi connectivity index (χ1n) is 9.35. The Hall–Kier alpha value is -2.11. The lowest BCUT2D eigenvalue weighted by atomic mass is 9.84. The zero-order valence-corrected chi connectivity index (χ0v) is 16.9. The smallest absolute Gasteiger partial charge is 0.306 e. The number of carboxylic acids is 1. The first-order chi connectivity index (χ1) is 13.4. The molecule has 2 aliphatic rings. The third-order valence-corrected chi connectivity index (χ3v) is 5.91. The van der Waals surface area contributed by atoms with E-state index in [4.69, 9.17) is 34.0 Å². The quantitative estimate of drug-likeness (QED) is 0.704. The van der Waals surface area contributed by atoms with Crippen LogP contribution in [0, 0.1) is 5.92 Å². The van der Waals surface area contributed by atoms with Gasteiger partial charge in [-0.25, -0.2) is 4.99 Å². The van der Waals surface area contributed by atoms with Crippen molar-refractivity contribution in [3.8, 4) is 0 Å². The topological polar surface area (TPSA) is 92.8 Å². The van der Waals surface area contributed by atoms with Crippen LogP contribution in [0.3, 0.4) is 0 Å². The van der Waals surface area contributed by atoms with Crippen LogP contribution in [0.2, 0.25) is 10.0 Å². The van der Waals surface area contributed by atoms with Crippen molar-refractivity contribution >= 4 is 40.8 Å². The Bertz CT molecular complexity index is 883. The average Bonchev–Trinajstić information content (AvgIpc) is 2.68. The number of hydrogen-bond donors (Lipinski definition) is 2. The van der Waals surface area contributed by atoms with Gasteiger partial charge in [0.05, 0.1) is 21.5 Å². The largest absolute Gasteiger partial charge is 0.481 e. The van der Waals surface area contributed by atoms with E-state index in [2.05, 4.69) is 4.99 Å². The first kappa shape index (κ1) is 20.6. The van der Waals surface area contributed by atoms with Gasteiger partial charge in [0.15, 0.2) is 0 Å². The van der Waals surface area contributed by atoms with Crippen molar-refractivity contribution < 1.29 is 14.7 Å². The van der Waals surface area contributed by atoms with Crippen LogP contribution in [0.1, 0.15) is 55.3 Å². The molecule has 0 saturated heterocycles. The molecule has 1 aromatic carbocycles. The van der Waals surface area contributed by atoms with Crippen molar-refractivity contribution in [2.75, 3.05) is 0 Å². The van der Waals surface area contributed by atoms with Crippen molar-refractivity contribution in [1.29, 1.82) is 0 Å². The SMILES string of the molecule is NC(C1=CCC(C(=O)O)CC1)=C1CCCCC1=NC(=O)c1c(Cl)cccc1Cl. The summed E-state index contributed by atoms with van der Waals surface area (Å²) in [5, 5.41) is 9.69. The van der Waals surface area contributed by atoms with E-state index in [0.717, 1.165) is 30.4 Å². The first-order valence-corrected chi connectivity index (χ1v) is 10.1. The predicted molar refractivity (Wildman–Crippen MR) is 111 cm³/mol. The van der Waals surface area contributed by atoms with Crippen molar-refractivity contribution in [3.63, 3.8) is 0 Å². The van der Waals surface area contributed by atoms with Gasteiger partial charge < -0.3 is 10.8 Å². The molecule has 1 atom stereocenters. The highest BCUT2D eigenvalue weighted by Gasteiger charge is 2.25. The Balaban J connectivity index is 1.92. The summed E-state index contributed by atoms with van der Waals surface area (Å²) in [5.41, 5.74) is 9.75. The van der Waals surface area contributed by atoms with E-state index >= 15 is 0 Å². The van der Waals surface area contributed by atoms with E-state index in [1.807, 2.05) is 6.08 Å².